The Morgan fingerprint density at radius 2 is 2.10 bits per heavy atom. The molecule has 110 valence electrons. The molecule has 1 fully saturated rings. The molecule has 2 rings (SSSR count). The van der Waals surface area contributed by atoms with Gasteiger partial charge in [0.25, 0.3) is 0 Å². The van der Waals surface area contributed by atoms with Crippen LogP contribution in [0.4, 0.5) is 0 Å². The van der Waals surface area contributed by atoms with E-state index in [9.17, 15) is 9.59 Å². The molecule has 0 aliphatic carbocycles. The molecule has 1 saturated heterocycles. The molecule has 1 aromatic carbocycles. The first-order valence-corrected chi connectivity index (χ1v) is 6.69. The summed E-state index contributed by atoms with van der Waals surface area (Å²) in [5.74, 6) is -0.751. The summed E-state index contributed by atoms with van der Waals surface area (Å²) in [6.45, 7) is 5.72. The van der Waals surface area contributed by atoms with Gasteiger partial charge in [-0.1, -0.05) is 36.4 Å². The molecule has 2 amide bonds. The fourth-order valence-corrected chi connectivity index (χ4v) is 1.94. The Hall–Kier alpha value is -2.63. The lowest BCUT2D eigenvalue weighted by molar-refractivity contribution is -0.123. The molecule has 0 bridgehead atoms. The predicted octanol–water partition coefficient (Wildman–Crippen LogP) is 0.990. The minimum absolute atomic E-state index is 0.157. The third-order valence-corrected chi connectivity index (χ3v) is 3.22. The van der Waals surface area contributed by atoms with Crippen LogP contribution in [-0.2, 0) is 9.59 Å². The number of hydrogen-bond acceptors (Lipinski definition) is 4. The minimum atomic E-state index is -0.364. The Morgan fingerprint density at radius 3 is 2.71 bits per heavy atom. The van der Waals surface area contributed by atoms with E-state index in [2.05, 4.69) is 28.0 Å². The van der Waals surface area contributed by atoms with Gasteiger partial charge in [-0.25, -0.2) is 5.43 Å². The summed E-state index contributed by atoms with van der Waals surface area (Å²) < 4.78 is 0. The summed E-state index contributed by atoms with van der Waals surface area (Å²) in [6.07, 6.45) is 2.20. The van der Waals surface area contributed by atoms with Gasteiger partial charge in [-0.2, -0.15) is 5.10 Å². The van der Waals surface area contributed by atoms with Crippen LogP contribution in [0.25, 0.3) is 0 Å². The van der Waals surface area contributed by atoms with Crippen molar-refractivity contribution in [2.45, 2.75) is 19.8 Å². The highest BCUT2D eigenvalue weighted by molar-refractivity contribution is 5.85. The normalized spacial score (nSPS) is 17.7. The number of aryl methyl sites for hydroxylation is 1. The summed E-state index contributed by atoms with van der Waals surface area (Å²) in [5, 5.41) is 3.89. The van der Waals surface area contributed by atoms with Gasteiger partial charge >= 0.3 is 0 Å². The number of hydrogen-bond donors (Lipinski definition) is 3. The highest BCUT2D eigenvalue weighted by Gasteiger charge is 2.27. The number of rotatable bonds is 5. The molecule has 0 spiro atoms. The van der Waals surface area contributed by atoms with E-state index in [1.165, 1.54) is 5.56 Å². The van der Waals surface area contributed by atoms with E-state index in [0.717, 1.165) is 5.56 Å². The van der Waals surface area contributed by atoms with Gasteiger partial charge in [0.2, 0.25) is 11.8 Å². The number of nitrogens with one attached hydrogen (secondary N) is 3. The van der Waals surface area contributed by atoms with Crippen LogP contribution in [0.2, 0.25) is 0 Å². The molecule has 1 heterocycles. The van der Waals surface area contributed by atoms with Gasteiger partial charge in [0.05, 0.1) is 12.1 Å². The molecule has 21 heavy (non-hydrogen) atoms. The first-order chi connectivity index (χ1) is 10.1. The summed E-state index contributed by atoms with van der Waals surface area (Å²) in [6, 6.07) is 7.79. The molecule has 1 aliphatic rings. The van der Waals surface area contributed by atoms with Crippen molar-refractivity contribution in [3.05, 3.63) is 47.7 Å². The number of carbonyl (C=O) groups is 2. The second-order valence-corrected chi connectivity index (χ2v) is 4.93. The van der Waals surface area contributed by atoms with E-state index >= 15 is 0 Å². The first kappa shape index (κ1) is 14.8. The summed E-state index contributed by atoms with van der Waals surface area (Å²) in [7, 11) is 0. The standard InChI is InChI=1S/C15H18N4O2/c1-10-3-5-12(6-4-10)9-16-18-14(20)8-7-13-11(2)17-19-15(13)21/h3-6,9,13,17H,2,7-8H2,1H3,(H,18,20)(H,19,21)/t13-/m1/s1. The molecule has 0 unspecified atom stereocenters. The van der Waals surface area contributed by atoms with Crippen LogP contribution < -0.4 is 16.3 Å². The fourth-order valence-electron chi connectivity index (χ4n) is 1.94. The van der Waals surface area contributed by atoms with Crippen molar-refractivity contribution >= 4 is 18.0 Å². The average Bonchev–Trinajstić information content (AvgIpc) is 2.78. The van der Waals surface area contributed by atoms with Crippen molar-refractivity contribution in [1.82, 2.24) is 16.3 Å². The fraction of sp³-hybridized carbons (Fsp3) is 0.267. The lowest BCUT2D eigenvalue weighted by atomic mass is 10.0. The van der Waals surface area contributed by atoms with Gasteiger partial charge < -0.3 is 5.43 Å². The Morgan fingerprint density at radius 1 is 1.38 bits per heavy atom. The Labute approximate surface area is 123 Å². The maximum atomic E-state index is 11.7. The van der Waals surface area contributed by atoms with Crippen molar-refractivity contribution in [2.75, 3.05) is 0 Å². The van der Waals surface area contributed by atoms with E-state index in [0.29, 0.717) is 12.1 Å². The molecular formula is C15H18N4O2. The molecule has 1 atom stereocenters. The molecule has 0 saturated carbocycles. The second kappa shape index (κ2) is 6.69. The van der Waals surface area contributed by atoms with E-state index in [1.807, 2.05) is 31.2 Å². The van der Waals surface area contributed by atoms with Gasteiger partial charge in [-0.3, -0.25) is 15.0 Å². The maximum absolute atomic E-state index is 11.7. The van der Waals surface area contributed by atoms with Crippen LogP contribution in [-0.4, -0.2) is 18.0 Å². The Balaban J connectivity index is 1.76. The summed E-state index contributed by atoms with van der Waals surface area (Å²) in [5.41, 5.74) is 10.2. The largest absolute Gasteiger partial charge is 0.303 e. The molecule has 0 radical (unpaired) electrons. The van der Waals surface area contributed by atoms with E-state index < -0.39 is 0 Å². The van der Waals surface area contributed by atoms with Crippen molar-refractivity contribution in [3.8, 4) is 0 Å². The van der Waals surface area contributed by atoms with E-state index in [4.69, 9.17) is 0 Å². The number of carbonyl (C=O) groups excluding carboxylic acids is 2. The summed E-state index contributed by atoms with van der Waals surface area (Å²) >= 11 is 0. The lowest BCUT2D eigenvalue weighted by Crippen LogP contribution is -2.26. The maximum Gasteiger partial charge on any atom is 0.247 e. The van der Waals surface area contributed by atoms with Crippen molar-refractivity contribution in [3.63, 3.8) is 0 Å². The zero-order chi connectivity index (χ0) is 15.2. The smallest absolute Gasteiger partial charge is 0.247 e. The van der Waals surface area contributed by atoms with Crippen molar-refractivity contribution in [1.29, 1.82) is 0 Å². The highest BCUT2D eigenvalue weighted by atomic mass is 16.2. The van der Waals surface area contributed by atoms with Crippen LogP contribution in [0.3, 0.4) is 0 Å². The molecular weight excluding hydrogens is 268 g/mol. The van der Waals surface area contributed by atoms with Crippen LogP contribution in [0.5, 0.6) is 0 Å². The highest BCUT2D eigenvalue weighted by Crippen LogP contribution is 2.17. The Bertz CT molecular complexity index is 562. The lowest BCUT2D eigenvalue weighted by Gasteiger charge is -2.05. The van der Waals surface area contributed by atoms with Gasteiger partial charge in [-0.05, 0) is 18.9 Å². The third-order valence-electron chi connectivity index (χ3n) is 3.22. The SMILES string of the molecule is C=C1NNC(=O)[C@@H]1CCC(=O)NN=Cc1ccc(C)cc1. The number of hydrazone groups is 1. The molecule has 6 nitrogen and oxygen atoms in total. The number of amides is 2. The van der Waals surface area contributed by atoms with Crippen LogP contribution in [0.15, 0.2) is 41.6 Å². The number of hydrazine groups is 1. The van der Waals surface area contributed by atoms with Crippen molar-refractivity contribution in [2.24, 2.45) is 11.0 Å². The zero-order valence-corrected chi connectivity index (χ0v) is 11.8. The number of benzene rings is 1. The molecule has 0 aromatic heterocycles. The van der Waals surface area contributed by atoms with E-state index in [-0.39, 0.29) is 24.2 Å². The average molecular weight is 286 g/mol. The van der Waals surface area contributed by atoms with Gasteiger partial charge in [0, 0.05) is 12.1 Å². The zero-order valence-electron chi connectivity index (χ0n) is 11.8. The molecule has 6 heteroatoms. The molecule has 1 aliphatic heterocycles. The second-order valence-electron chi connectivity index (χ2n) is 4.93. The molecule has 3 N–H and O–H groups in total. The molecule has 1 aromatic rings. The third kappa shape index (κ3) is 4.17. The van der Waals surface area contributed by atoms with E-state index in [1.54, 1.807) is 6.21 Å². The topological polar surface area (TPSA) is 82.6 Å². The van der Waals surface area contributed by atoms with Gasteiger partial charge in [0.1, 0.15) is 0 Å². The van der Waals surface area contributed by atoms with Crippen molar-refractivity contribution < 1.29 is 9.59 Å². The quantitative estimate of drug-likeness (QED) is 0.557. The van der Waals surface area contributed by atoms with Crippen LogP contribution >= 0.6 is 0 Å². The van der Waals surface area contributed by atoms with Crippen LogP contribution in [0.1, 0.15) is 24.0 Å². The van der Waals surface area contributed by atoms with Gasteiger partial charge in [-0.15, -0.1) is 0 Å². The monoisotopic (exact) mass is 286 g/mol. The first-order valence-electron chi connectivity index (χ1n) is 6.69. The van der Waals surface area contributed by atoms with Crippen LogP contribution in [0, 0.1) is 12.8 Å². The minimum Gasteiger partial charge on any atom is -0.303 e. The van der Waals surface area contributed by atoms with Gasteiger partial charge in [0.15, 0.2) is 0 Å². The Kier molecular flexibility index (Phi) is 4.71. The number of nitrogens with zero attached hydrogens (tertiary/aromatic N) is 1. The summed E-state index contributed by atoms with van der Waals surface area (Å²) in [4.78, 5) is 23.1. The predicted molar refractivity (Wildman–Crippen MR) is 80.1 cm³/mol.